The smallest absolute Gasteiger partial charge is 0.231 e. The van der Waals surface area contributed by atoms with E-state index in [1.54, 1.807) is 4.90 Å². The van der Waals surface area contributed by atoms with Crippen molar-refractivity contribution in [2.45, 2.75) is 57.9 Å². The molecule has 32 heavy (non-hydrogen) atoms. The lowest BCUT2D eigenvalue weighted by Crippen LogP contribution is -2.30. The van der Waals surface area contributed by atoms with Crippen molar-refractivity contribution in [2.75, 3.05) is 24.6 Å². The van der Waals surface area contributed by atoms with Crippen molar-refractivity contribution in [1.29, 1.82) is 0 Å². The summed E-state index contributed by atoms with van der Waals surface area (Å²) in [5.41, 5.74) is 3.61. The fraction of sp³-hybridized carbons (Fsp3) is 0.481. The molecule has 2 fully saturated rings. The van der Waals surface area contributed by atoms with Gasteiger partial charge in [-0.3, -0.25) is 14.5 Å². The van der Waals surface area contributed by atoms with E-state index in [2.05, 4.69) is 17.9 Å². The van der Waals surface area contributed by atoms with Crippen LogP contribution in [0.2, 0.25) is 0 Å². The third-order valence-corrected chi connectivity index (χ3v) is 7.06. The third-order valence-electron chi connectivity index (χ3n) is 7.06. The topological polar surface area (TPSA) is 49.9 Å². The predicted octanol–water partition coefficient (Wildman–Crippen LogP) is 5.14. The maximum atomic E-state index is 12.8. The summed E-state index contributed by atoms with van der Waals surface area (Å²) in [7, 11) is 0. The number of hydrogen-bond acceptors (Lipinski definition) is 4. The van der Waals surface area contributed by atoms with Crippen LogP contribution in [0.1, 0.15) is 61.4 Å². The highest BCUT2D eigenvalue weighted by atomic mass is 16.5. The number of rotatable bonds is 8. The van der Waals surface area contributed by atoms with Crippen molar-refractivity contribution in [3.05, 3.63) is 53.6 Å². The molecule has 1 atom stereocenters. The molecular formula is C27H32N2O3. The summed E-state index contributed by atoms with van der Waals surface area (Å²) in [6.45, 7) is 5.32. The van der Waals surface area contributed by atoms with E-state index in [1.807, 2.05) is 36.4 Å². The molecular weight excluding hydrogens is 400 g/mol. The summed E-state index contributed by atoms with van der Waals surface area (Å²) in [4.78, 5) is 29.4. The van der Waals surface area contributed by atoms with Crippen LogP contribution < -0.4 is 9.64 Å². The summed E-state index contributed by atoms with van der Waals surface area (Å²) in [5, 5.41) is 0. The molecule has 2 heterocycles. The minimum atomic E-state index is 0.0900. The van der Waals surface area contributed by atoms with E-state index in [4.69, 9.17) is 4.74 Å². The Morgan fingerprint density at radius 1 is 1.06 bits per heavy atom. The number of fused-ring (bicyclic) bond motifs is 1. The average molecular weight is 433 g/mol. The first-order chi connectivity index (χ1) is 15.6. The third kappa shape index (κ3) is 4.44. The van der Waals surface area contributed by atoms with Gasteiger partial charge in [-0.1, -0.05) is 0 Å². The van der Waals surface area contributed by atoms with E-state index in [9.17, 15) is 9.59 Å². The van der Waals surface area contributed by atoms with Crippen LogP contribution in [0.4, 0.5) is 11.4 Å². The highest BCUT2D eigenvalue weighted by Gasteiger charge is 2.31. The molecule has 2 aromatic rings. The molecule has 5 heteroatoms. The minimum absolute atomic E-state index is 0.0900. The van der Waals surface area contributed by atoms with Gasteiger partial charge in [-0.15, -0.1) is 0 Å². The van der Waals surface area contributed by atoms with Gasteiger partial charge in [0.1, 0.15) is 5.75 Å². The van der Waals surface area contributed by atoms with Gasteiger partial charge in [0.25, 0.3) is 0 Å². The standard InChI is InChI=1S/C27H32N2O3/c1-19-4-2-15-28(19)16-3-17-32-24-12-13-25-22(18-24)9-14-26(30)29(25)23-10-7-21(8-11-23)27(31)20-5-6-20/h7-8,10-13,18-20H,2-6,9,14-17H2,1H3/t19-/m1/s1. The predicted molar refractivity (Wildman–Crippen MR) is 126 cm³/mol. The van der Waals surface area contributed by atoms with E-state index in [1.165, 1.54) is 19.4 Å². The molecule has 3 aliphatic rings. The molecule has 0 spiro atoms. The maximum absolute atomic E-state index is 12.8. The van der Waals surface area contributed by atoms with Crippen molar-refractivity contribution in [3.63, 3.8) is 0 Å². The van der Waals surface area contributed by atoms with Crippen molar-refractivity contribution in [2.24, 2.45) is 5.92 Å². The zero-order chi connectivity index (χ0) is 22.1. The first-order valence-corrected chi connectivity index (χ1v) is 12.1. The molecule has 1 aliphatic carbocycles. The Morgan fingerprint density at radius 3 is 2.59 bits per heavy atom. The van der Waals surface area contributed by atoms with Crippen molar-refractivity contribution < 1.29 is 14.3 Å². The van der Waals surface area contributed by atoms with Crippen molar-refractivity contribution in [3.8, 4) is 5.75 Å². The number of ether oxygens (including phenoxy) is 1. The summed E-state index contributed by atoms with van der Waals surface area (Å²) >= 11 is 0. The Morgan fingerprint density at radius 2 is 1.88 bits per heavy atom. The molecule has 0 radical (unpaired) electrons. The number of nitrogens with zero attached hydrogens (tertiary/aromatic N) is 2. The molecule has 1 saturated carbocycles. The van der Waals surface area contributed by atoms with Crippen LogP contribution >= 0.6 is 0 Å². The average Bonchev–Trinajstić information content (AvgIpc) is 3.58. The van der Waals surface area contributed by atoms with E-state index in [0.717, 1.165) is 60.5 Å². The molecule has 1 amide bonds. The minimum Gasteiger partial charge on any atom is -0.494 e. The van der Waals surface area contributed by atoms with E-state index in [-0.39, 0.29) is 17.6 Å². The molecule has 0 unspecified atom stereocenters. The number of ketones is 1. The quantitative estimate of drug-likeness (QED) is 0.428. The first-order valence-electron chi connectivity index (χ1n) is 12.1. The van der Waals surface area contributed by atoms with E-state index in [0.29, 0.717) is 19.1 Å². The molecule has 0 aromatic heterocycles. The molecule has 5 rings (SSSR count). The molecule has 0 N–H and O–H groups in total. The Hall–Kier alpha value is -2.66. The van der Waals surface area contributed by atoms with Crippen LogP contribution in [-0.2, 0) is 11.2 Å². The molecule has 2 aliphatic heterocycles. The van der Waals surface area contributed by atoms with Crippen molar-refractivity contribution in [1.82, 2.24) is 4.90 Å². The summed E-state index contributed by atoms with van der Waals surface area (Å²) < 4.78 is 6.04. The number of anilines is 2. The fourth-order valence-corrected chi connectivity index (χ4v) is 4.98. The van der Waals surface area contributed by atoms with Gasteiger partial charge in [0.2, 0.25) is 5.91 Å². The zero-order valence-electron chi connectivity index (χ0n) is 18.9. The van der Waals surface area contributed by atoms with Crippen LogP contribution in [0.15, 0.2) is 42.5 Å². The lowest BCUT2D eigenvalue weighted by molar-refractivity contribution is -0.118. The molecule has 0 bridgehead atoms. The number of carbonyl (C=O) groups excluding carboxylic acids is 2. The van der Waals surface area contributed by atoms with Gasteiger partial charge in [-0.05, 0) is 100 Å². The first kappa shape index (κ1) is 21.2. The normalized spacial score (nSPS) is 21.0. The lowest BCUT2D eigenvalue weighted by atomic mass is 9.99. The Balaban J connectivity index is 1.25. The molecule has 5 nitrogen and oxygen atoms in total. The zero-order valence-corrected chi connectivity index (χ0v) is 18.9. The van der Waals surface area contributed by atoms with Crippen LogP contribution in [0.25, 0.3) is 0 Å². The Kier molecular flexibility index (Phi) is 6.01. The van der Waals surface area contributed by atoms with Gasteiger partial charge in [0, 0.05) is 36.2 Å². The maximum Gasteiger partial charge on any atom is 0.231 e. The second-order valence-electron chi connectivity index (χ2n) is 9.43. The summed E-state index contributed by atoms with van der Waals surface area (Å²) in [6, 6.07) is 14.2. The number of aryl methyl sites for hydroxylation is 1. The number of carbonyl (C=O) groups is 2. The summed E-state index contributed by atoms with van der Waals surface area (Å²) in [6.07, 6.45) is 6.85. The van der Waals surface area contributed by atoms with Crippen LogP contribution in [-0.4, -0.2) is 42.3 Å². The van der Waals surface area contributed by atoms with Gasteiger partial charge in [0.05, 0.1) is 12.3 Å². The number of hydrogen-bond donors (Lipinski definition) is 0. The fourth-order valence-electron chi connectivity index (χ4n) is 4.98. The van der Waals surface area contributed by atoms with Gasteiger partial charge < -0.3 is 9.64 Å². The number of benzene rings is 2. The Labute approximate surface area is 190 Å². The van der Waals surface area contributed by atoms with E-state index < -0.39 is 0 Å². The van der Waals surface area contributed by atoms with Gasteiger partial charge in [-0.2, -0.15) is 0 Å². The van der Waals surface area contributed by atoms with E-state index >= 15 is 0 Å². The van der Waals surface area contributed by atoms with Crippen LogP contribution in [0, 0.1) is 5.92 Å². The lowest BCUT2D eigenvalue weighted by Gasteiger charge is -2.30. The molecule has 1 saturated heterocycles. The Bertz CT molecular complexity index is 996. The van der Waals surface area contributed by atoms with Crippen LogP contribution in [0.5, 0.6) is 5.75 Å². The number of amides is 1. The number of likely N-dealkylation sites (tertiary alicyclic amines) is 1. The summed E-state index contributed by atoms with van der Waals surface area (Å²) in [5.74, 6) is 1.39. The van der Waals surface area contributed by atoms with Gasteiger partial charge >= 0.3 is 0 Å². The molecule has 2 aromatic carbocycles. The second kappa shape index (κ2) is 9.07. The van der Waals surface area contributed by atoms with Gasteiger partial charge in [-0.25, -0.2) is 0 Å². The monoisotopic (exact) mass is 432 g/mol. The SMILES string of the molecule is C[C@@H]1CCCN1CCCOc1ccc2c(c1)CCC(=O)N2c1ccc(C(=O)C2CC2)cc1. The highest BCUT2D eigenvalue weighted by molar-refractivity contribution is 6.04. The highest BCUT2D eigenvalue weighted by Crippen LogP contribution is 2.37. The second-order valence-corrected chi connectivity index (χ2v) is 9.43. The number of Topliss-reactive ketones (excluding diaryl/α,β-unsaturated/α-hetero) is 1. The largest absolute Gasteiger partial charge is 0.494 e. The van der Waals surface area contributed by atoms with Crippen LogP contribution in [0.3, 0.4) is 0 Å². The van der Waals surface area contributed by atoms with Gasteiger partial charge in [0.15, 0.2) is 5.78 Å². The van der Waals surface area contributed by atoms with Crippen molar-refractivity contribution >= 4 is 23.1 Å². The molecule has 168 valence electrons.